The van der Waals surface area contributed by atoms with Gasteiger partial charge in [-0.15, -0.1) is 0 Å². The predicted molar refractivity (Wildman–Crippen MR) is 84.4 cm³/mol. The molecule has 0 amide bonds. The number of hydrogen-bond donors (Lipinski definition) is 0. The van der Waals surface area contributed by atoms with Crippen molar-refractivity contribution < 1.29 is 9.53 Å². The summed E-state index contributed by atoms with van der Waals surface area (Å²) in [5.41, 5.74) is 3.59. The molecule has 21 heavy (non-hydrogen) atoms. The van der Waals surface area contributed by atoms with Crippen molar-refractivity contribution in [3.8, 4) is 0 Å². The first-order valence-electron chi connectivity index (χ1n) is 6.95. The Morgan fingerprint density at radius 2 is 1.62 bits per heavy atom. The summed E-state index contributed by atoms with van der Waals surface area (Å²) in [6.45, 7) is 4.09. The van der Waals surface area contributed by atoms with E-state index in [1.807, 2.05) is 66.7 Å². The highest BCUT2D eigenvalue weighted by molar-refractivity contribution is 6.18. The molecule has 2 heteroatoms. The van der Waals surface area contributed by atoms with E-state index in [2.05, 4.69) is 6.58 Å². The van der Waals surface area contributed by atoms with Gasteiger partial charge in [0.1, 0.15) is 6.10 Å². The zero-order chi connectivity index (χ0) is 14.7. The number of esters is 1. The van der Waals surface area contributed by atoms with E-state index in [0.29, 0.717) is 12.0 Å². The molecule has 104 valence electrons. The van der Waals surface area contributed by atoms with Crippen LogP contribution in [0, 0.1) is 0 Å². The van der Waals surface area contributed by atoms with Gasteiger partial charge in [-0.05, 0) is 22.8 Å². The summed E-state index contributed by atoms with van der Waals surface area (Å²) in [7, 11) is 0. The van der Waals surface area contributed by atoms with Gasteiger partial charge in [0.15, 0.2) is 0 Å². The molecule has 0 aromatic heterocycles. The van der Waals surface area contributed by atoms with Crippen molar-refractivity contribution in [3.05, 3.63) is 84.4 Å². The fraction of sp³-hybridized carbons (Fsp3) is 0.105. The number of benzene rings is 2. The molecule has 0 spiro atoms. The van der Waals surface area contributed by atoms with Crippen LogP contribution in [-0.2, 0) is 9.53 Å². The molecule has 1 aliphatic heterocycles. The van der Waals surface area contributed by atoms with Crippen LogP contribution < -0.4 is 0 Å². The molecule has 0 N–H and O–H groups in total. The molecule has 0 bridgehead atoms. The molecule has 0 unspecified atom stereocenters. The van der Waals surface area contributed by atoms with Gasteiger partial charge in [-0.2, -0.15) is 0 Å². The first kappa shape index (κ1) is 13.4. The second kappa shape index (κ2) is 5.80. The number of carbonyl (C=O) groups is 1. The van der Waals surface area contributed by atoms with Crippen LogP contribution in [-0.4, -0.2) is 12.1 Å². The molecule has 0 saturated carbocycles. The minimum absolute atomic E-state index is 0.236. The lowest BCUT2D eigenvalue weighted by atomic mass is 10.00. The zero-order valence-corrected chi connectivity index (χ0v) is 11.7. The average Bonchev–Trinajstić information content (AvgIpc) is 2.89. The smallest absolute Gasteiger partial charge is 0.339 e. The first-order valence-corrected chi connectivity index (χ1v) is 6.95. The van der Waals surface area contributed by atoms with Gasteiger partial charge in [0.25, 0.3) is 0 Å². The third-order valence-electron chi connectivity index (χ3n) is 3.55. The molecule has 1 aliphatic rings. The molecule has 2 aromatic rings. The summed E-state index contributed by atoms with van der Waals surface area (Å²) in [4.78, 5) is 12.0. The van der Waals surface area contributed by atoms with Crippen LogP contribution in [0.5, 0.6) is 0 Å². The van der Waals surface area contributed by atoms with Gasteiger partial charge < -0.3 is 4.74 Å². The van der Waals surface area contributed by atoms with Crippen molar-refractivity contribution in [2.45, 2.75) is 12.5 Å². The van der Waals surface area contributed by atoms with Crippen molar-refractivity contribution in [1.82, 2.24) is 0 Å². The van der Waals surface area contributed by atoms with E-state index in [1.165, 1.54) is 0 Å². The Morgan fingerprint density at radius 1 is 1.00 bits per heavy atom. The van der Waals surface area contributed by atoms with E-state index in [9.17, 15) is 4.79 Å². The fourth-order valence-corrected chi connectivity index (χ4v) is 2.46. The Balaban J connectivity index is 1.75. The molecule has 2 nitrogen and oxygen atoms in total. The molecule has 3 rings (SSSR count). The minimum atomic E-state index is -0.257. The standard InChI is InChI=1S/C19H16O2/c1-14(15-8-4-2-5-9-15)12-17-13-18(19(20)21-17)16-10-6-3-7-11-16/h2-11,13,17H,1,12H2/t17-/m1/s1. The van der Waals surface area contributed by atoms with Crippen LogP contribution in [0.2, 0.25) is 0 Å². The maximum absolute atomic E-state index is 12.0. The lowest BCUT2D eigenvalue weighted by Gasteiger charge is -2.10. The molecule has 0 aliphatic carbocycles. The Bertz CT molecular complexity index is 684. The van der Waals surface area contributed by atoms with Crippen LogP contribution >= 0.6 is 0 Å². The van der Waals surface area contributed by atoms with Crippen molar-refractivity contribution in [3.63, 3.8) is 0 Å². The van der Waals surface area contributed by atoms with Crippen molar-refractivity contribution in [2.75, 3.05) is 0 Å². The lowest BCUT2D eigenvalue weighted by molar-refractivity contribution is -0.137. The predicted octanol–water partition coefficient (Wildman–Crippen LogP) is 4.10. The summed E-state index contributed by atoms with van der Waals surface area (Å²) in [5.74, 6) is -0.257. The average molecular weight is 276 g/mol. The molecule has 2 aromatic carbocycles. The van der Waals surface area contributed by atoms with Gasteiger partial charge >= 0.3 is 5.97 Å². The number of cyclic esters (lactones) is 1. The minimum Gasteiger partial charge on any atom is -0.454 e. The van der Waals surface area contributed by atoms with Crippen LogP contribution in [0.25, 0.3) is 11.1 Å². The zero-order valence-electron chi connectivity index (χ0n) is 11.7. The van der Waals surface area contributed by atoms with Gasteiger partial charge in [0.05, 0.1) is 5.57 Å². The number of carbonyl (C=O) groups excluding carboxylic acids is 1. The monoisotopic (exact) mass is 276 g/mol. The maximum Gasteiger partial charge on any atom is 0.339 e. The Morgan fingerprint density at radius 3 is 2.29 bits per heavy atom. The highest BCUT2D eigenvalue weighted by Crippen LogP contribution is 2.28. The first-order chi connectivity index (χ1) is 10.2. The summed E-state index contributed by atoms with van der Waals surface area (Å²) in [6.07, 6.45) is 2.28. The highest BCUT2D eigenvalue weighted by atomic mass is 16.5. The van der Waals surface area contributed by atoms with E-state index in [0.717, 1.165) is 16.7 Å². The second-order valence-electron chi connectivity index (χ2n) is 5.06. The number of hydrogen-bond acceptors (Lipinski definition) is 2. The normalized spacial score (nSPS) is 17.2. The summed E-state index contributed by atoms with van der Waals surface area (Å²) >= 11 is 0. The summed E-state index contributed by atoms with van der Waals surface area (Å²) < 4.78 is 5.43. The highest BCUT2D eigenvalue weighted by Gasteiger charge is 2.26. The van der Waals surface area contributed by atoms with Gasteiger partial charge in [0.2, 0.25) is 0 Å². The van der Waals surface area contributed by atoms with Crippen molar-refractivity contribution in [2.24, 2.45) is 0 Å². The molecular weight excluding hydrogens is 260 g/mol. The maximum atomic E-state index is 12.0. The van der Waals surface area contributed by atoms with Crippen LogP contribution in [0.3, 0.4) is 0 Å². The van der Waals surface area contributed by atoms with Crippen LogP contribution in [0.15, 0.2) is 73.3 Å². The van der Waals surface area contributed by atoms with Crippen molar-refractivity contribution >= 4 is 17.1 Å². The topological polar surface area (TPSA) is 26.3 Å². The molecule has 0 fully saturated rings. The van der Waals surface area contributed by atoms with Gasteiger partial charge in [-0.25, -0.2) is 4.79 Å². The third-order valence-corrected chi connectivity index (χ3v) is 3.55. The van der Waals surface area contributed by atoms with E-state index in [1.54, 1.807) is 0 Å². The second-order valence-corrected chi connectivity index (χ2v) is 5.06. The molecule has 0 saturated heterocycles. The van der Waals surface area contributed by atoms with Gasteiger partial charge in [-0.1, -0.05) is 67.2 Å². The van der Waals surface area contributed by atoms with Crippen LogP contribution in [0.4, 0.5) is 0 Å². The largest absolute Gasteiger partial charge is 0.454 e. The molecule has 1 atom stereocenters. The lowest BCUT2D eigenvalue weighted by Crippen LogP contribution is -2.08. The van der Waals surface area contributed by atoms with Gasteiger partial charge in [0, 0.05) is 6.42 Å². The number of rotatable bonds is 4. The summed E-state index contributed by atoms with van der Waals surface area (Å²) in [6, 6.07) is 19.6. The Hall–Kier alpha value is -2.61. The Labute approximate surface area is 124 Å². The van der Waals surface area contributed by atoms with E-state index in [4.69, 9.17) is 4.74 Å². The summed E-state index contributed by atoms with van der Waals surface area (Å²) in [5, 5.41) is 0. The van der Waals surface area contributed by atoms with E-state index in [-0.39, 0.29) is 12.1 Å². The van der Waals surface area contributed by atoms with Crippen molar-refractivity contribution in [1.29, 1.82) is 0 Å². The third kappa shape index (κ3) is 2.95. The van der Waals surface area contributed by atoms with E-state index < -0.39 is 0 Å². The SMILES string of the molecule is C=C(C[C@@H]1C=C(c2ccccc2)C(=O)O1)c1ccccc1. The quantitative estimate of drug-likeness (QED) is 0.786. The fourth-order valence-electron chi connectivity index (χ4n) is 2.46. The number of ether oxygens (including phenoxy) is 1. The Kier molecular flexibility index (Phi) is 3.69. The van der Waals surface area contributed by atoms with Gasteiger partial charge in [-0.3, -0.25) is 0 Å². The molecule has 0 radical (unpaired) electrons. The van der Waals surface area contributed by atoms with Crippen LogP contribution in [0.1, 0.15) is 17.5 Å². The molecule has 1 heterocycles. The molecular formula is C19H16O2. The van der Waals surface area contributed by atoms with E-state index >= 15 is 0 Å².